The molecule has 2 aromatic carbocycles. The van der Waals surface area contributed by atoms with E-state index < -0.39 is 5.97 Å². The highest BCUT2D eigenvalue weighted by atomic mass is 35.5. The maximum Gasteiger partial charge on any atom is 0.336 e. The van der Waals surface area contributed by atoms with Crippen LogP contribution in [0.25, 0.3) is 0 Å². The van der Waals surface area contributed by atoms with E-state index in [1.165, 1.54) is 18.2 Å². The summed E-state index contributed by atoms with van der Waals surface area (Å²) in [5.74, 6) is -1.20. The van der Waals surface area contributed by atoms with Gasteiger partial charge < -0.3 is 10.2 Å². The molecule has 0 unspecified atom stereocenters. The lowest BCUT2D eigenvalue weighted by Gasteiger charge is -2.06. The molecule has 2 N–H and O–H groups in total. The summed E-state index contributed by atoms with van der Waals surface area (Å²) in [5, 5.41) is 18.8. The smallest absolute Gasteiger partial charge is 0.336 e. The molecule has 0 amide bonds. The number of rotatable bonds is 5. The number of aryl methyl sites for hydroxylation is 1. The molecule has 0 radical (unpaired) electrons. The van der Waals surface area contributed by atoms with Gasteiger partial charge in [0.05, 0.1) is 5.56 Å². The molecule has 21 heavy (non-hydrogen) atoms. The summed E-state index contributed by atoms with van der Waals surface area (Å²) in [4.78, 5) is 23.2. The number of carboxylic acids is 1. The van der Waals surface area contributed by atoms with Crippen LogP contribution in [-0.2, 0) is 6.42 Å². The van der Waals surface area contributed by atoms with Crippen molar-refractivity contribution in [1.82, 2.24) is 0 Å². The fourth-order valence-electron chi connectivity index (χ4n) is 2.04. The van der Waals surface area contributed by atoms with Crippen molar-refractivity contribution in [3.05, 3.63) is 64.2 Å². The van der Waals surface area contributed by atoms with E-state index in [1.54, 1.807) is 24.3 Å². The molecule has 2 rings (SSSR count). The highest BCUT2D eigenvalue weighted by Crippen LogP contribution is 2.19. The molecule has 5 heteroatoms. The van der Waals surface area contributed by atoms with Crippen molar-refractivity contribution in [2.45, 2.75) is 12.8 Å². The van der Waals surface area contributed by atoms with E-state index in [2.05, 4.69) is 0 Å². The van der Waals surface area contributed by atoms with Gasteiger partial charge in [0.15, 0.2) is 5.78 Å². The summed E-state index contributed by atoms with van der Waals surface area (Å²) >= 11 is 5.78. The van der Waals surface area contributed by atoms with Gasteiger partial charge in [0.25, 0.3) is 0 Å². The van der Waals surface area contributed by atoms with Crippen molar-refractivity contribution < 1.29 is 19.8 Å². The van der Waals surface area contributed by atoms with Gasteiger partial charge in [0, 0.05) is 17.0 Å². The third-order valence-corrected chi connectivity index (χ3v) is 3.33. The largest absolute Gasteiger partial charge is 0.508 e. The molecule has 0 aliphatic heterocycles. The molecule has 0 saturated carbocycles. The van der Waals surface area contributed by atoms with Crippen molar-refractivity contribution in [3.63, 3.8) is 0 Å². The maximum absolute atomic E-state index is 12.0. The Morgan fingerprint density at radius 2 is 1.86 bits per heavy atom. The number of hydrogen-bond acceptors (Lipinski definition) is 3. The Morgan fingerprint density at radius 1 is 1.10 bits per heavy atom. The number of Topliss-reactive ketones (excluding diaryl/α,β-unsaturated/α-hetero) is 1. The number of carbonyl (C=O) groups excluding carboxylic acids is 1. The van der Waals surface area contributed by atoms with E-state index in [0.717, 1.165) is 0 Å². The van der Waals surface area contributed by atoms with Gasteiger partial charge in [-0.25, -0.2) is 4.79 Å². The highest BCUT2D eigenvalue weighted by molar-refractivity contribution is 6.31. The minimum Gasteiger partial charge on any atom is -0.508 e. The molecule has 0 aliphatic carbocycles. The van der Waals surface area contributed by atoms with Crippen LogP contribution < -0.4 is 0 Å². The topological polar surface area (TPSA) is 74.6 Å². The lowest BCUT2D eigenvalue weighted by atomic mass is 9.99. The van der Waals surface area contributed by atoms with Crippen LogP contribution in [0.5, 0.6) is 5.75 Å². The maximum atomic E-state index is 12.0. The first-order chi connectivity index (χ1) is 9.97. The molecule has 4 nitrogen and oxygen atoms in total. The normalized spacial score (nSPS) is 10.3. The SMILES string of the molecule is O=C(CCc1ccc(Cl)cc1C(=O)O)c1cccc(O)c1. The van der Waals surface area contributed by atoms with Gasteiger partial charge in [-0.15, -0.1) is 0 Å². The predicted octanol–water partition coefficient (Wildman–Crippen LogP) is 3.56. The Morgan fingerprint density at radius 3 is 2.52 bits per heavy atom. The van der Waals surface area contributed by atoms with Gasteiger partial charge in [-0.2, -0.15) is 0 Å². The van der Waals surface area contributed by atoms with Crippen molar-refractivity contribution in [2.75, 3.05) is 0 Å². The number of benzene rings is 2. The molecule has 0 fully saturated rings. The van der Waals surface area contributed by atoms with Crippen LogP contribution in [0.4, 0.5) is 0 Å². The summed E-state index contributed by atoms with van der Waals surface area (Å²) in [6.07, 6.45) is 0.457. The van der Waals surface area contributed by atoms with Crippen molar-refractivity contribution in [2.24, 2.45) is 0 Å². The fourth-order valence-corrected chi connectivity index (χ4v) is 2.21. The van der Waals surface area contributed by atoms with Gasteiger partial charge >= 0.3 is 5.97 Å². The summed E-state index contributed by atoms with van der Waals surface area (Å²) in [6.45, 7) is 0. The average Bonchev–Trinajstić information content (AvgIpc) is 2.45. The van der Waals surface area contributed by atoms with E-state index in [0.29, 0.717) is 22.6 Å². The van der Waals surface area contributed by atoms with Crippen LogP contribution >= 0.6 is 11.6 Å². The Kier molecular flexibility index (Phi) is 4.60. The molecule has 2 aromatic rings. The lowest BCUT2D eigenvalue weighted by molar-refractivity contribution is 0.0695. The third kappa shape index (κ3) is 3.83. The van der Waals surface area contributed by atoms with Crippen molar-refractivity contribution in [3.8, 4) is 5.75 Å². The van der Waals surface area contributed by atoms with E-state index in [-0.39, 0.29) is 23.5 Å². The summed E-state index contributed by atoms with van der Waals surface area (Å²) < 4.78 is 0. The van der Waals surface area contributed by atoms with Crippen LogP contribution in [0.2, 0.25) is 5.02 Å². The third-order valence-electron chi connectivity index (χ3n) is 3.09. The number of carbonyl (C=O) groups is 2. The van der Waals surface area contributed by atoms with Crippen molar-refractivity contribution >= 4 is 23.4 Å². The number of aromatic hydroxyl groups is 1. The van der Waals surface area contributed by atoms with E-state index in [4.69, 9.17) is 16.7 Å². The zero-order chi connectivity index (χ0) is 15.4. The number of ketones is 1. The van der Waals surface area contributed by atoms with Gasteiger partial charge in [0.2, 0.25) is 0 Å². The molecule has 108 valence electrons. The molecule has 0 aromatic heterocycles. The zero-order valence-corrected chi connectivity index (χ0v) is 11.8. The number of phenols is 1. The molecular formula is C16H13ClO4. The molecule has 0 saturated heterocycles. The van der Waals surface area contributed by atoms with E-state index in [9.17, 15) is 14.7 Å². The Bertz CT molecular complexity index is 694. The first-order valence-corrected chi connectivity index (χ1v) is 6.69. The monoisotopic (exact) mass is 304 g/mol. The average molecular weight is 305 g/mol. The van der Waals surface area contributed by atoms with Crippen LogP contribution in [0.3, 0.4) is 0 Å². The van der Waals surface area contributed by atoms with Crippen LogP contribution in [0.1, 0.15) is 32.7 Å². The number of halogens is 1. The predicted molar refractivity (Wildman–Crippen MR) is 79.2 cm³/mol. The van der Waals surface area contributed by atoms with E-state index in [1.807, 2.05) is 0 Å². The second-order valence-electron chi connectivity index (χ2n) is 4.58. The summed E-state index contributed by atoms with van der Waals surface area (Å²) in [7, 11) is 0. The quantitative estimate of drug-likeness (QED) is 0.828. The molecule has 0 bridgehead atoms. The number of phenolic OH excluding ortho intramolecular Hbond substituents is 1. The lowest BCUT2D eigenvalue weighted by Crippen LogP contribution is -2.06. The standard InChI is InChI=1S/C16H13ClO4/c17-12-6-4-10(14(9-12)16(20)21)5-7-15(19)11-2-1-3-13(18)8-11/h1-4,6,8-9,18H,5,7H2,(H,20,21). The van der Waals surface area contributed by atoms with Gasteiger partial charge in [-0.3, -0.25) is 4.79 Å². The van der Waals surface area contributed by atoms with Gasteiger partial charge in [-0.1, -0.05) is 29.8 Å². The summed E-state index contributed by atoms with van der Waals surface area (Å²) in [6, 6.07) is 10.7. The van der Waals surface area contributed by atoms with Crippen molar-refractivity contribution in [1.29, 1.82) is 0 Å². The number of hydrogen-bond donors (Lipinski definition) is 2. The minimum absolute atomic E-state index is 0.0265. The molecule has 0 atom stereocenters. The Labute approximate surface area is 126 Å². The number of aromatic carboxylic acids is 1. The van der Waals surface area contributed by atoms with Gasteiger partial charge in [-0.05, 0) is 36.2 Å². The molecule has 0 heterocycles. The second kappa shape index (κ2) is 6.41. The molecule has 0 spiro atoms. The molecule has 0 aliphatic rings. The van der Waals surface area contributed by atoms with Crippen LogP contribution in [0.15, 0.2) is 42.5 Å². The highest BCUT2D eigenvalue weighted by Gasteiger charge is 2.13. The second-order valence-corrected chi connectivity index (χ2v) is 5.02. The Balaban J connectivity index is 2.13. The summed E-state index contributed by atoms with van der Waals surface area (Å²) in [5.41, 5.74) is 1.06. The molecular weight excluding hydrogens is 292 g/mol. The first-order valence-electron chi connectivity index (χ1n) is 6.31. The minimum atomic E-state index is -1.07. The van der Waals surface area contributed by atoms with E-state index >= 15 is 0 Å². The fraction of sp³-hybridized carbons (Fsp3) is 0.125. The zero-order valence-electron chi connectivity index (χ0n) is 11.0. The van der Waals surface area contributed by atoms with Gasteiger partial charge in [0.1, 0.15) is 5.75 Å². The first kappa shape index (κ1) is 15.1. The van der Waals surface area contributed by atoms with Crippen LogP contribution in [-0.4, -0.2) is 22.0 Å². The Hall–Kier alpha value is -2.33. The number of carboxylic acid groups (broad SMARTS) is 1. The van der Waals surface area contributed by atoms with Crippen LogP contribution in [0, 0.1) is 0 Å².